The molecule has 1 aromatic rings. The number of benzene rings is 1. The fourth-order valence-corrected chi connectivity index (χ4v) is 5.04. The van der Waals surface area contributed by atoms with E-state index in [1.165, 1.54) is 17.0 Å². The molecule has 0 spiro atoms. The Bertz CT molecular complexity index is 756. The van der Waals surface area contributed by atoms with Crippen LogP contribution < -0.4 is 0 Å². The predicted molar refractivity (Wildman–Crippen MR) is 97.9 cm³/mol. The number of amides is 2. The fraction of sp³-hybridized carbons (Fsp3) is 0.600. The normalized spacial score (nSPS) is 29.1. The van der Waals surface area contributed by atoms with Crippen molar-refractivity contribution in [1.82, 2.24) is 14.7 Å². The number of nitrogens with zero attached hydrogens (tertiary/aromatic N) is 3. The summed E-state index contributed by atoms with van der Waals surface area (Å²) in [6.07, 6.45) is 2.25. The van der Waals surface area contributed by atoms with Crippen molar-refractivity contribution in [2.24, 2.45) is 0 Å². The second-order valence-corrected chi connectivity index (χ2v) is 7.90. The van der Waals surface area contributed by atoms with E-state index in [-0.39, 0.29) is 29.8 Å². The van der Waals surface area contributed by atoms with Crippen molar-refractivity contribution >= 4 is 12.0 Å². The van der Waals surface area contributed by atoms with Crippen molar-refractivity contribution < 1.29 is 19.1 Å². The molecule has 3 saturated heterocycles. The van der Waals surface area contributed by atoms with E-state index in [1.807, 2.05) is 11.8 Å². The molecule has 7 heteroatoms. The van der Waals surface area contributed by atoms with Gasteiger partial charge in [-0.1, -0.05) is 6.07 Å². The van der Waals surface area contributed by atoms with Crippen LogP contribution in [0.4, 0.5) is 9.18 Å². The quantitative estimate of drug-likeness (QED) is 0.863. The summed E-state index contributed by atoms with van der Waals surface area (Å²) in [5, 5.41) is 9.65. The third kappa shape index (κ3) is 3.29. The van der Waals surface area contributed by atoms with Gasteiger partial charge in [0.2, 0.25) is 5.91 Å². The van der Waals surface area contributed by atoms with Gasteiger partial charge in [0.1, 0.15) is 5.82 Å². The lowest BCUT2D eigenvalue weighted by atomic mass is 9.88. The number of piperidine rings is 1. The second-order valence-electron chi connectivity index (χ2n) is 7.90. The molecule has 1 N–H and O–H groups in total. The van der Waals surface area contributed by atoms with E-state index in [4.69, 9.17) is 0 Å². The molecule has 4 rings (SSSR count). The number of aryl methyl sites for hydroxylation is 1. The van der Waals surface area contributed by atoms with E-state index in [0.29, 0.717) is 25.9 Å². The van der Waals surface area contributed by atoms with Gasteiger partial charge < -0.3 is 14.9 Å². The molecule has 27 heavy (non-hydrogen) atoms. The molecule has 2 amide bonds. The first kappa shape index (κ1) is 18.2. The number of carbonyl (C=O) groups is 2. The Morgan fingerprint density at radius 1 is 1.15 bits per heavy atom. The van der Waals surface area contributed by atoms with Crippen LogP contribution in [0, 0.1) is 12.7 Å². The molecule has 1 aromatic carbocycles. The highest BCUT2D eigenvalue weighted by Gasteiger charge is 2.43. The van der Waals surface area contributed by atoms with Crippen LogP contribution in [-0.2, 0) is 4.79 Å². The van der Waals surface area contributed by atoms with Crippen LogP contribution in [0.2, 0.25) is 0 Å². The number of fused-ring (bicyclic) bond motifs is 1. The van der Waals surface area contributed by atoms with Crippen LogP contribution in [0.5, 0.6) is 0 Å². The van der Waals surface area contributed by atoms with E-state index in [0.717, 1.165) is 37.1 Å². The molecular formula is C20H26FN3O3. The maximum atomic E-state index is 13.5. The van der Waals surface area contributed by atoms with Gasteiger partial charge >= 0.3 is 6.09 Å². The van der Waals surface area contributed by atoms with Gasteiger partial charge in [0.05, 0.1) is 12.1 Å². The molecule has 0 aromatic heterocycles. The van der Waals surface area contributed by atoms with Gasteiger partial charge in [0.15, 0.2) is 0 Å². The SMILES string of the molecule is Cc1cc(F)ccc1[C@H]1C[C@@H](N2CCN3CCC[C@H]3C2=O)CCN1C(=O)O. The fourth-order valence-electron chi connectivity index (χ4n) is 5.04. The Morgan fingerprint density at radius 3 is 2.70 bits per heavy atom. The first-order valence-electron chi connectivity index (χ1n) is 9.76. The van der Waals surface area contributed by atoms with Crippen molar-refractivity contribution in [2.45, 2.75) is 50.7 Å². The molecule has 0 radical (unpaired) electrons. The molecule has 0 bridgehead atoms. The molecule has 3 heterocycles. The molecular weight excluding hydrogens is 349 g/mol. The number of carbonyl (C=O) groups excluding carboxylic acids is 1. The summed E-state index contributed by atoms with van der Waals surface area (Å²) >= 11 is 0. The highest BCUT2D eigenvalue weighted by Crippen LogP contribution is 2.36. The van der Waals surface area contributed by atoms with Crippen molar-refractivity contribution in [2.75, 3.05) is 26.2 Å². The molecule has 0 aliphatic carbocycles. The molecule has 3 fully saturated rings. The molecule has 0 saturated carbocycles. The molecule has 0 unspecified atom stereocenters. The summed E-state index contributed by atoms with van der Waals surface area (Å²) < 4.78 is 13.5. The van der Waals surface area contributed by atoms with Crippen molar-refractivity contribution in [3.8, 4) is 0 Å². The van der Waals surface area contributed by atoms with Crippen LogP contribution in [-0.4, -0.2) is 70.1 Å². The average Bonchev–Trinajstić information content (AvgIpc) is 3.11. The predicted octanol–water partition coefficient (Wildman–Crippen LogP) is 2.62. The molecule has 3 aliphatic rings. The number of rotatable bonds is 2. The van der Waals surface area contributed by atoms with Crippen LogP contribution >= 0.6 is 0 Å². The van der Waals surface area contributed by atoms with Gasteiger partial charge in [-0.25, -0.2) is 9.18 Å². The van der Waals surface area contributed by atoms with Gasteiger partial charge in [-0.2, -0.15) is 0 Å². The van der Waals surface area contributed by atoms with E-state index in [1.54, 1.807) is 6.07 Å². The summed E-state index contributed by atoms with van der Waals surface area (Å²) in [6.45, 7) is 4.81. The number of likely N-dealkylation sites (tertiary alicyclic amines) is 1. The van der Waals surface area contributed by atoms with Crippen LogP contribution in [0.15, 0.2) is 18.2 Å². The maximum Gasteiger partial charge on any atom is 0.407 e. The summed E-state index contributed by atoms with van der Waals surface area (Å²) in [4.78, 5) is 30.5. The van der Waals surface area contributed by atoms with Crippen LogP contribution in [0.3, 0.4) is 0 Å². The summed E-state index contributed by atoms with van der Waals surface area (Å²) in [5.74, 6) is -0.125. The topological polar surface area (TPSA) is 64.1 Å². The van der Waals surface area contributed by atoms with Crippen molar-refractivity contribution in [1.29, 1.82) is 0 Å². The minimum absolute atomic E-state index is 0.00209. The number of piperazine rings is 1. The van der Waals surface area contributed by atoms with Crippen LogP contribution in [0.1, 0.15) is 42.9 Å². The Labute approximate surface area is 158 Å². The minimum atomic E-state index is -0.964. The Hall–Kier alpha value is -2.15. The van der Waals surface area contributed by atoms with Gasteiger partial charge in [0, 0.05) is 25.7 Å². The zero-order valence-corrected chi connectivity index (χ0v) is 15.6. The Balaban J connectivity index is 1.58. The van der Waals surface area contributed by atoms with Crippen LogP contribution in [0.25, 0.3) is 0 Å². The number of hydrogen-bond donors (Lipinski definition) is 1. The van der Waals surface area contributed by atoms with Gasteiger partial charge in [-0.3, -0.25) is 9.69 Å². The third-order valence-electron chi connectivity index (χ3n) is 6.41. The molecule has 146 valence electrons. The highest BCUT2D eigenvalue weighted by molar-refractivity contribution is 5.83. The zero-order valence-electron chi connectivity index (χ0n) is 15.6. The third-order valence-corrected chi connectivity index (χ3v) is 6.41. The second kappa shape index (κ2) is 7.11. The van der Waals surface area contributed by atoms with E-state index < -0.39 is 6.09 Å². The number of halogens is 1. The van der Waals surface area contributed by atoms with Crippen molar-refractivity contribution in [3.63, 3.8) is 0 Å². The van der Waals surface area contributed by atoms with Gasteiger partial charge in [-0.05, 0) is 62.4 Å². The molecule has 3 aliphatic heterocycles. The number of carboxylic acid groups (broad SMARTS) is 1. The lowest BCUT2D eigenvalue weighted by molar-refractivity contribution is -0.144. The average molecular weight is 375 g/mol. The first-order valence-corrected chi connectivity index (χ1v) is 9.76. The van der Waals surface area contributed by atoms with E-state index in [9.17, 15) is 19.1 Å². The highest BCUT2D eigenvalue weighted by atomic mass is 19.1. The summed E-state index contributed by atoms with van der Waals surface area (Å²) in [5.41, 5.74) is 1.58. The largest absolute Gasteiger partial charge is 0.465 e. The lowest BCUT2D eigenvalue weighted by Crippen LogP contribution is -2.59. The van der Waals surface area contributed by atoms with Crippen molar-refractivity contribution in [3.05, 3.63) is 35.1 Å². The molecule has 6 nitrogen and oxygen atoms in total. The Morgan fingerprint density at radius 2 is 1.96 bits per heavy atom. The smallest absolute Gasteiger partial charge is 0.407 e. The minimum Gasteiger partial charge on any atom is -0.465 e. The summed E-state index contributed by atoms with van der Waals surface area (Å²) in [7, 11) is 0. The van der Waals surface area contributed by atoms with Gasteiger partial charge in [-0.15, -0.1) is 0 Å². The monoisotopic (exact) mass is 375 g/mol. The summed E-state index contributed by atoms with van der Waals surface area (Å²) in [6, 6.07) is 4.20. The zero-order chi connectivity index (χ0) is 19.1. The standard InChI is InChI=1S/C20H26FN3O3/c1-13-11-14(21)4-5-16(13)18-12-15(6-8-24(18)20(26)27)23-10-9-22-7-2-3-17(22)19(23)25/h4-5,11,15,17-18H,2-3,6-10,12H2,1H3,(H,26,27)/t15-,17-,18+/m0/s1. The Kier molecular flexibility index (Phi) is 4.80. The number of hydrogen-bond acceptors (Lipinski definition) is 3. The first-order chi connectivity index (χ1) is 13.0. The lowest BCUT2D eigenvalue weighted by Gasteiger charge is -2.46. The van der Waals surface area contributed by atoms with E-state index >= 15 is 0 Å². The molecule has 3 atom stereocenters. The maximum absolute atomic E-state index is 13.5. The van der Waals surface area contributed by atoms with Gasteiger partial charge in [0.25, 0.3) is 0 Å². The van der Waals surface area contributed by atoms with E-state index in [2.05, 4.69) is 4.90 Å².